The highest BCUT2D eigenvalue weighted by molar-refractivity contribution is 5.50. The summed E-state index contributed by atoms with van der Waals surface area (Å²) < 4.78 is 0. The van der Waals surface area contributed by atoms with Crippen molar-refractivity contribution < 1.29 is 0 Å². The lowest BCUT2D eigenvalue weighted by Crippen LogP contribution is -2.31. The molecule has 0 fully saturated rings. The molecule has 3 heteroatoms. The predicted molar refractivity (Wildman–Crippen MR) is 85.0 cm³/mol. The Bertz CT molecular complexity index is 548. The number of rotatable bonds is 5. The lowest BCUT2D eigenvalue weighted by atomic mass is 10.0. The topological polar surface area (TPSA) is 42.1 Å². The Morgan fingerprint density at radius 1 is 1.20 bits per heavy atom. The van der Waals surface area contributed by atoms with Gasteiger partial charge in [0.15, 0.2) is 0 Å². The quantitative estimate of drug-likeness (QED) is 0.907. The molecule has 3 nitrogen and oxygen atoms in total. The first-order valence-electron chi connectivity index (χ1n) is 7.09. The lowest BCUT2D eigenvalue weighted by Gasteiger charge is -2.30. The molecule has 1 aromatic carbocycles. The molecule has 0 amide bonds. The van der Waals surface area contributed by atoms with E-state index in [2.05, 4.69) is 55.0 Å². The summed E-state index contributed by atoms with van der Waals surface area (Å²) in [6.07, 6.45) is 4.80. The van der Waals surface area contributed by atoms with Gasteiger partial charge in [-0.15, -0.1) is 0 Å². The van der Waals surface area contributed by atoms with E-state index in [1.165, 1.54) is 22.4 Å². The van der Waals surface area contributed by atoms with Crippen LogP contribution in [0.25, 0.3) is 0 Å². The molecule has 0 saturated carbocycles. The van der Waals surface area contributed by atoms with Crippen molar-refractivity contribution in [1.29, 1.82) is 0 Å². The van der Waals surface area contributed by atoms with E-state index < -0.39 is 0 Å². The monoisotopic (exact) mass is 269 g/mol. The first-order chi connectivity index (χ1) is 9.67. The molecular weight excluding hydrogens is 246 g/mol. The van der Waals surface area contributed by atoms with Crippen molar-refractivity contribution in [2.45, 2.75) is 26.3 Å². The maximum atomic E-state index is 6.00. The summed E-state index contributed by atoms with van der Waals surface area (Å²) in [5, 5.41) is 0. The highest BCUT2D eigenvalue weighted by Gasteiger charge is 2.17. The molecule has 0 spiro atoms. The van der Waals surface area contributed by atoms with Crippen molar-refractivity contribution in [3.05, 3.63) is 59.4 Å². The van der Waals surface area contributed by atoms with Gasteiger partial charge in [-0.3, -0.25) is 4.98 Å². The molecule has 0 radical (unpaired) electrons. The van der Waals surface area contributed by atoms with Crippen LogP contribution in [-0.2, 0) is 6.42 Å². The molecule has 0 aliphatic carbocycles. The minimum absolute atomic E-state index is 0.149. The second-order valence-corrected chi connectivity index (χ2v) is 5.11. The van der Waals surface area contributed by atoms with Gasteiger partial charge in [0.1, 0.15) is 0 Å². The molecule has 2 rings (SSSR count). The molecule has 0 aliphatic heterocycles. The van der Waals surface area contributed by atoms with Gasteiger partial charge < -0.3 is 10.6 Å². The van der Waals surface area contributed by atoms with E-state index in [-0.39, 0.29) is 6.04 Å². The van der Waals surface area contributed by atoms with E-state index in [0.717, 1.165) is 6.42 Å². The van der Waals surface area contributed by atoms with E-state index in [4.69, 9.17) is 5.73 Å². The molecule has 0 aliphatic rings. The van der Waals surface area contributed by atoms with Crippen LogP contribution in [0.3, 0.4) is 0 Å². The van der Waals surface area contributed by atoms with Crippen LogP contribution in [0.15, 0.2) is 42.7 Å². The van der Waals surface area contributed by atoms with Crippen LogP contribution in [0.2, 0.25) is 0 Å². The molecule has 1 atom stereocenters. The van der Waals surface area contributed by atoms with Crippen LogP contribution in [0.4, 0.5) is 5.69 Å². The first kappa shape index (κ1) is 14.5. The van der Waals surface area contributed by atoms with Gasteiger partial charge >= 0.3 is 0 Å². The average molecular weight is 269 g/mol. The first-order valence-corrected chi connectivity index (χ1v) is 7.09. The Hall–Kier alpha value is -1.87. The maximum Gasteiger partial charge on any atom is 0.0679 e. The van der Waals surface area contributed by atoms with E-state index >= 15 is 0 Å². The number of aryl methyl sites for hydroxylation is 2. The van der Waals surface area contributed by atoms with Crippen molar-refractivity contribution in [3.63, 3.8) is 0 Å². The van der Waals surface area contributed by atoms with Crippen molar-refractivity contribution in [3.8, 4) is 0 Å². The van der Waals surface area contributed by atoms with Gasteiger partial charge in [-0.25, -0.2) is 0 Å². The van der Waals surface area contributed by atoms with Gasteiger partial charge in [-0.1, -0.05) is 19.1 Å². The number of benzene rings is 1. The van der Waals surface area contributed by atoms with Crippen LogP contribution in [-0.4, -0.2) is 18.6 Å². The molecule has 0 bridgehead atoms. The summed E-state index contributed by atoms with van der Waals surface area (Å²) >= 11 is 0. The van der Waals surface area contributed by atoms with Crippen molar-refractivity contribution in [1.82, 2.24) is 4.98 Å². The molecule has 20 heavy (non-hydrogen) atoms. The summed E-state index contributed by atoms with van der Waals surface area (Å²) in [6, 6.07) is 10.9. The van der Waals surface area contributed by atoms with Crippen molar-refractivity contribution >= 4 is 5.69 Å². The number of hydrogen-bond acceptors (Lipinski definition) is 3. The number of nitrogens with zero attached hydrogens (tertiary/aromatic N) is 2. The van der Waals surface area contributed by atoms with Gasteiger partial charge in [-0.2, -0.15) is 0 Å². The van der Waals surface area contributed by atoms with Gasteiger partial charge in [-0.05, 0) is 48.2 Å². The summed E-state index contributed by atoms with van der Waals surface area (Å²) in [5.74, 6) is 0. The Balaban J connectivity index is 2.28. The van der Waals surface area contributed by atoms with E-state index in [9.17, 15) is 0 Å². The van der Waals surface area contributed by atoms with E-state index in [0.29, 0.717) is 6.54 Å². The number of nitrogens with two attached hydrogens (primary N) is 1. The van der Waals surface area contributed by atoms with Crippen molar-refractivity contribution in [2.75, 3.05) is 18.5 Å². The van der Waals surface area contributed by atoms with Gasteiger partial charge in [0, 0.05) is 31.7 Å². The molecule has 106 valence electrons. The predicted octanol–water partition coefficient (Wildman–Crippen LogP) is 3.09. The Kier molecular flexibility index (Phi) is 4.74. The number of hydrogen-bond donors (Lipinski definition) is 1. The molecule has 1 unspecified atom stereocenters. The summed E-state index contributed by atoms with van der Waals surface area (Å²) in [5.41, 5.74) is 11.0. The third-order valence-corrected chi connectivity index (χ3v) is 3.88. The number of likely N-dealkylation sites (N-methyl/N-ethyl adjacent to an activating group) is 1. The fourth-order valence-electron chi connectivity index (χ4n) is 2.47. The lowest BCUT2D eigenvalue weighted by molar-refractivity contribution is 0.673. The average Bonchev–Trinajstić information content (AvgIpc) is 2.50. The fraction of sp³-hybridized carbons (Fsp3) is 0.353. The molecular formula is C17H23N3. The Morgan fingerprint density at radius 2 is 1.90 bits per heavy atom. The molecule has 2 aromatic rings. The number of aromatic nitrogens is 1. The largest absolute Gasteiger partial charge is 0.366 e. The molecule has 1 aromatic heterocycles. The standard InChI is InChI=1S/C17H23N3/c1-4-14-5-7-15(8-6-14)20(3)17(11-18)16-12-19-10-9-13(16)2/h5-10,12,17H,4,11,18H2,1-3H3. The zero-order valence-corrected chi connectivity index (χ0v) is 12.5. The molecule has 0 saturated heterocycles. The van der Waals surface area contributed by atoms with Crippen LogP contribution in [0.1, 0.15) is 29.7 Å². The van der Waals surface area contributed by atoms with E-state index in [1.807, 2.05) is 18.5 Å². The normalized spacial score (nSPS) is 12.2. The maximum absolute atomic E-state index is 6.00. The Labute approximate surface area is 121 Å². The summed E-state index contributed by atoms with van der Waals surface area (Å²) in [7, 11) is 2.09. The zero-order chi connectivity index (χ0) is 14.5. The zero-order valence-electron chi connectivity index (χ0n) is 12.5. The fourth-order valence-corrected chi connectivity index (χ4v) is 2.47. The van der Waals surface area contributed by atoms with Crippen LogP contribution >= 0.6 is 0 Å². The van der Waals surface area contributed by atoms with Crippen LogP contribution < -0.4 is 10.6 Å². The minimum atomic E-state index is 0.149. The molecule has 1 heterocycles. The van der Waals surface area contributed by atoms with Crippen molar-refractivity contribution in [2.24, 2.45) is 5.73 Å². The molecule has 2 N–H and O–H groups in total. The number of pyridine rings is 1. The number of anilines is 1. The SMILES string of the molecule is CCc1ccc(N(C)C(CN)c2cnccc2C)cc1. The van der Waals surface area contributed by atoms with E-state index in [1.54, 1.807) is 0 Å². The van der Waals surface area contributed by atoms with Crippen LogP contribution in [0.5, 0.6) is 0 Å². The summed E-state index contributed by atoms with van der Waals surface area (Å²) in [4.78, 5) is 6.46. The second-order valence-electron chi connectivity index (χ2n) is 5.11. The second kappa shape index (κ2) is 6.53. The van der Waals surface area contributed by atoms with Gasteiger partial charge in [0.25, 0.3) is 0 Å². The minimum Gasteiger partial charge on any atom is -0.366 e. The smallest absolute Gasteiger partial charge is 0.0679 e. The van der Waals surface area contributed by atoms with Gasteiger partial charge in [0.05, 0.1) is 6.04 Å². The third-order valence-electron chi connectivity index (χ3n) is 3.88. The van der Waals surface area contributed by atoms with Crippen LogP contribution in [0, 0.1) is 6.92 Å². The summed E-state index contributed by atoms with van der Waals surface area (Å²) in [6.45, 7) is 4.84. The van der Waals surface area contributed by atoms with Gasteiger partial charge in [0.2, 0.25) is 0 Å². The highest BCUT2D eigenvalue weighted by atomic mass is 15.1. The third kappa shape index (κ3) is 2.99. The Morgan fingerprint density at radius 3 is 2.45 bits per heavy atom. The highest BCUT2D eigenvalue weighted by Crippen LogP contribution is 2.26.